The largest absolute Gasteiger partial charge is 0.319 e. The van der Waals surface area contributed by atoms with Crippen LogP contribution >= 0.6 is 0 Å². The number of anilines is 1. The molecule has 0 aliphatic carbocycles. The van der Waals surface area contributed by atoms with Gasteiger partial charge in [-0.2, -0.15) is 5.10 Å². The highest BCUT2D eigenvalue weighted by Gasteiger charge is 2.19. The lowest BCUT2D eigenvalue weighted by atomic mass is 10.2. The Kier molecular flexibility index (Phi) is 4.07. The number of halogens is 3. The molecule has 7 heteroatoms. The number of benzene rings is 2. The zero-order valence-electron chi connectivity index (χ0n) is 12.6. The molecule has 1 N–H and O–H groups in total. The smallest absolute Gasteiger partial charge is 0.259 e. The van der Waals surface area contributed by atoms with Crippen molar-refractivity contribution in [1.29, 1.82) is 0 Å². The minimum absolute atomic E-state index is 0.197. The van der Waals surface area contributed by atoms with Crippen molar-refractivity contribution in [2.24, 2.45) is 0 Å². The van der Waals surface area contributed by atoms with Crippen LogP contribution in [0.3, 0.4) is 0 Å². The van der Waals surface area contributed by atoms with Crippen molar-refractivity contribution < 1.29 is 18.0 Å². The Labute approximate surface area is 135 Å². The molecule has 3 aromatic rings. The van der Waals surface area contributed by atoms with Crippen LogP contribution in [0.2, 0.25) is 0 Å². The van der Waals surface area contributed by atoms with Gasteiger partial charge in [0, 0.05) is 0 Å². The van der Waals surface area contributed by atoms with Crippen LogP contribution in [0, 0.1) is 24.4 Å². The maximum absolute atomic E-state index is 13.7. The highest BCUT2D eigenvalue weighted by atomic mass is 19.2. The van der Waals surface area contributed by atoms with Crippen molar-refractivity contribution in [1.82, 2.24) is 9.78 Å². The van der Waals surface area contributed by atoms with Gasteiger partial charge in [0.2, 0.25) is 0 Å². The van der Waals surface area contributed by atoms with E-state index in [1.807, 2.05) is 30.3 Å². The average Bonchev–Trinajstić information content (AvgIpc) is 2.98. The quantitative estimate of drug-likeness (QED) is 0.741. The maximum Gasteiger partial charge on any atom is 0.259 e. The van der Waals surface area contributed by atoms with E-state index in [1.165, 1.54) is 6.20 Å². The Morgan fingerprint density at radius 3 is 2.46 bits per heavy atom. The summed E-state index contributed by atoms with van der Waals surface area (Å²) >= 11 is 0. The summed E-state index contributed by atoms with van der Waals surface area (Å²) in [6.07, 6.45) is 1.33. The second-order valence-electron chi connectivity index (χ2n) is 5.07. The monoisotopic (exact) mass is 331 g/mol. The second-order valence-corrected chi connectivity index (χ2v) is 5.07. The third-order valence-electron chi connectivity index (χ3n) is 3.54. The van der Waals surface area contributed by atoms with Crippen molar-refractivity contribution >= 4 is 11.6 Å². The molecule has 1 amide bonds. The first-order chi connectivity index (χ1) is 11.5. The molecular formula is C17H12F3N3O. The summed E-state index contributed by atoms with van der Waals surface area (Å²) in [4.78, 5) is 12.3. The molecule has 1 aromatic heterocycles. The number of hydrogen-bond acceptors (Lipinski definition) is 2. The molecule has 0 atom stereocenters. The summed E-state index contributed by atoms with van der Waals surface area (Å²) in [6, 6.07) is 10.8. The number of para-hydroxylation sites is 1. The Balaban J connectivity index is 1.90. The Morgan fingerprint density at radius 1 is 1.04 bits per heavy atom. The molecule has 0 aliphatic heterocycles. The summed E-state index contributed by atoms with van der Waals surface area (Å²) < 4.78 is 41.4. The molecule has 0 saturated heterocycles. The fraction of sp³-hybridized carbons (Fsp3) is 0.0588. The van der Waals surface area contributed by atoms with E-state index in [0.29, 0.717) is 5.69 Å². The highest BCUT2D eigenvalue weighted by molar-refractivity contribution is 6.05. The third kappa shape index (κ3) is 2.76. The molecule has 3 rings (SSSR count). The van der Waals surface area contributed by atoms with Gasteiger partial charge in [0.05, 0.1) is 28.8 Å². The van der Waals surface area contributed by atoms with Crippen LogP contribution in [-0.2, 0) is 0 Å². The number of carbonyl (C=O) groups excluding carboxylic acids is 1. The minimum Gasteiger partial charge on any atom is -0.319 e. The summed E-state index contributed by atoms with van der Waals surface area (Å²) in [5.74, 6) is -5.07. The topological polar surface area (TPSA) is 46.9 Å². The van der Waals surface area contributed by atoms with E-state index in [2.05, 4.69) is 10.4 Å². The average molecular weight is 331 g/mol. The van der Waals surface area contributed by atoms with E-state index in [9.17, 15) is 18.0 Å². The van der Waals surface area contributed by atoms with E-state index in [1.54, 1.807) is 11.6 Å². The van der Waals surface area contributed by atoms with Crippen molar-refractivity contribution in [2.45, 2.75) is 6.92 Å². The molecule has 2 aromatic carbocycles. The van der Waals surface area contributed by atoms with Gasteiger partial charge < -0.3 is 5.32 Å². The fourth-order valence-corrected chi connectivity index (χ4v) is 2.27. The molecule has 0 bridgehead atoms. The lowest BCUT2D eigenvalue weighted by Crippen LogP contribution is -2.15. The van der Waals surface area contributed by atoms with E-state index < -0.39 is 29.0 Å². The van der Waals surface area contributed by atoms with Gasteiger partial charge in [0.1, 0.15) is 0 Å². The lowest BCUT2D eigenvalue weighted by Gasteiger charge is -2.08. The summed E-state index contributed by atoms with van der Waals surface area (Å²) in [7, 11) is 0. The highest BCUT2D eigenvalue weighted by Crippen LogP contribution is 2.21. The van der Waals surface area contributed by atoms with Crippen molar-refractivity contribution in [3.63, 3.8) is 0 Å². The van der Waals surface area contributed by atoms with Crippen LogP contribution in [0.4, 0.5) is 18.9 Å². The summed E-state index contributed by atoms with van der Waals surface area (Å²) in [5, 5.41) is 6.36. The van der Waals surface area contributed by atoms with Crippen molar-refractivity contribution in [3.8, 4) is 5.69 Å². The van der Waals surface area contributed by atoms with E-state index >= 15 is 0 Å². The van der Waals surface area contributed by atoms with Gasteiger partial charge in [0.25, 0.3) is 5.91 Å². The zero-order chi connectivity index (χ0) is 17.3. The van der Waals surface area contributed by atoms with Crippen LogP contribution < -0.4 is 5.32 Å². The molecular weight excluding hydrogens is 319 g/mol. The molecule has 4 nitrogen and oxygen atoms in total. The van der Waals surface area contributed by atoms with Gasteiger partial charge in [-0.1, -0.05) is 18.2 Å². The lowest BCUT2D eigenvalue weighted by molar-refractivity contribution is 0.102. The molecule has 0 saturated carbocycles. The van der Waals surface area contributed by atoms with Gasteiger partial charge in [-0.3, -0.25) is 4.79 Å². The van der Waals surface area contributed by atoms with E-state index in [-0.39, 0.29) is 5.56 Å². The van der Waals surface area contributed by atoms with Crippen LogP contribution in [0.25, 0.3) is 5.69 Å². The Bertz CT molecular complexity index is 907. The summed E-state index contributed by atoms with van der Waals surface area (Å²) in [5.41, 5.74) is 1.04. The molecule has 24 heavy (non-hydrogen) atoms. The first kappa shape index (κ1) is 15.8. The first-order valence-corrected chi connectivity index (χ1v) is 7.04. The Hall–Kier alpha value is -3.09. The van der Waals surface area contributed by atoms with Gasteiger partial charge in [-0.05, 0) is 31.2 Å². The van der Waals surface area contributed by atoms with Crippen LogP contribution in [0.15, 0.2) is 48.7 Å². The number of carbonyl (C=O) groups is 1. The van der Waals surface area contributed by atoms with Gasteiger partial charge in [-0.15, -0.1) is 0 Å². The second kappa shape index (κ2) is 6.19. The predicted octanol–water partition coefficient (Wildman–Crippen LogP) is 3.85. The van der Waals surface area contributed by atoms with Crippen LogP contribution in [-0.4, -0.2) is 15.7 Å². The predicted molar refractivity (Wildman–Crippen MR) is 82.6 cm³/mol. The fourth-order valence-electron chi connectivity index (χ4n) is 2.27. The molecule has 0 unspecified atom stereocenters. The van der Waals surface area contributed by atoms with Crippen molar-refractivity contribution in [3.05, 3.63) is 77.4 Å². The number of hydrogen-bond donors (Lipinski definition) is 1. The molecule has 0 aliphatic rings. The van der Waals surface area contributed by atoms with Crippen LogP contribution in [0.5, 0.6) is 0 Å². The van der Waals surface area contributed by atoms with Crippen LogP contribution in [0.1, 0.15) is 16.1 Å². The van der Waals surface area contributed by atoms with Gasteiger partial charge in [0.15, 0.2) is 17.5 Å². The van der Waals surface area contributed by atoms with Crippen molar-refractivity contribution in [2.75, 3.05) is 5.32 Å². The molecule has 1 heterocycles. The Morgan fingerprint density at radius 2 is 1.75 bits per heavy atom. The van der Waals surface area contributed by atoms with E-state index in [0.717, 1.165) is 17.8 Å². The molecule has 122 valence electrons. The molecule has 0 fully saturated rings. The number of amides is 1. The van der Waals surface area contributed by atoms with Gasteiger partial charge in [-0.25, -0.2) is 17.9 Å². The zero-order valence-corrected chi connectivity index (χ0v) is 12.6. The normalized spacial score (nSPS) is 10.7. The SMILES string of the molecule is Cc1c(C(=O)Nc2ccc(F)c(F)c2F)cnn1-c1ccccc1. The molecule has 0 spiro atoms. The number of rotatable bonds is 3. The number of nitrogens with one attached hydrogen (secondary N) is 1. The summed E-state index contributed by atoms with van der Waals surface area (Å²) in [6.45, 7) is 1.68. The third-order valence-corrected chi connectivity index (χ3v) is 3.54. The standard InChI is InChI=1S/C17H12F3N3O/c1-10-12(9-21-23(10)11-5-3-2-4-6-11)17(24)22-14-8-7-13(18)15(19)16(14)20/h2-9H,1H3,(H,22,24). The number of nitrogens with zero attached hydrogens (tertiary/aromatic N) is 2. The first-order valence-electron chi connectivity index (χ1n) is 7.04. The molecule has 0 radical (unpaired) electrons. The van der Waals surface area contributed by atoms with Gasteiger partial charge >= 0.3 is 0 Å². The number of aromatic nitrogens is 2. The van der Waals surface area contributed by atoms with E-state index in [4.69, 9.17) is 0 Å². The minimum atomic E-state index is -1.63. The maximum atomic E-state index is 13.7.